The van der Waals surface area contributed by atoms with Crippen molar-refractivity contribution < 1.29 is 9.90 Å². The minimum atomic E-state index is -0.791. The topological polar surface area (TPSA) is 40.5 Å². The third-order valence-electron chi connectivity index (χ3n) is 0.718. The zero-order valence-corrected chi connectivity index (χ0v) is 7.02. The van der Waals surface area contributed by atoms with Crippen molar-refractivity contribution in [1.29, 1.82) is 0 Å². The van der Waals surface area contributed by atoms with Gasteiger partial charge in [0.1, 0.15) is 0 Å². The van der Waals surface area contributed by atoms with E-state index in [0.29, 0.717) is 13.0 Å². The van der Waals surface area contributed by atoms with Crippen LogP contribution in [0, 0.1) is 0 Å². The molecule has 0 aromatic heterocycles. The van der Waals surface area contributed by atoms with Gasteiger partial charge in [-0.3, -0.25) is 4.79 Å². The number of hydrogen-bond acceptors (Lipinski definition) is 2. The molecule has 0 atom stereocenters. The molecule has 3 nitrogen and oxygen atoms in total. The summed E-state index contributed by atoms with van der Waals surface area (Å²) in [6.45, 7) is 0.536. The number of nitrogens with zero attached hydrogens (tertiary/aromatic N) is 1. The van der Waals surface area contributed by atoms with Gasteiger partial charge in [0, 0.05) is 29.1 Å². The maximum atomic E-state index is 9.90. The predicted octanol–water partition coefficient (Wildman–Crippen LogP) is 1.62. The van der Waals surface area contributed by atoms with Gasteiger partial charge in [-0.05, 0) is 18.2 Å². The van der Waals surface area contributed by atoms with Crippen molar-refractivity contribution in [3.8, 4) is 0 Å². The zero-order valence-electron chi connectivity index (χ0n) is 4.68. The molecule has 0 spiro atoms. The minimum absolute atomic E-state index is 0.162. The normalized spacial score (nSPS) is 10.1. The minimum Gasteiger partial charge on any atom is -0.481 e. The highest BCUT2D eigenvalue weighted by atomic mass is 79.9. The Hall–Kier alpha value is 0.200. The fourth-order valence-electron chi connectivity index (χ4n) is 0.350. The lowest BCUT2D eigenvalue weighted by Gasteiger charge is -1.99. The van der Waals surface area contributed by atoms with Gasteiger partial charge in [-0.1, -0.05) is 0 Å². The summed E-state index contributed by atoms with van der Waals surface area (Å²) < 4.78 is 1.26. The molecule has 0 aliphatic rings. The third kappa shape index (κ3) is 8.20. The van der Waals surface area contributed by atoms with Gasteiger partial charge in [0.15, 0.2) is 0 Å². The van der Waals surface area contributed by atoms with Crippen LogP contribution in [0.2, 0.25) is 0 Å². The number of rotatable bonds is 4. The number of hydrogen-bond donors (Lipinski definition) is 1. The highest BCUT2D eigenvalue weighted by molar-refractivity contribution is 9.08. The molecule has 54 valence electrons. The molecule has 0 rings (SSSR count). The second kappa shape index (κ2) is 5.02. The second-order valence-electron chi connectivity index (χ2n) is 1.52. The van der Waals surface area contributed by atoms with Crippen molar-refractivity contribution in [3.05, 3.63) is 0 Å². The highest BCUT2D eigenvalue weighted by Gasteiger charge is 1.98. The lowest BCUT2D eigenvalue weighted by atomic mass is 10.3. The van der Waals surface area contributed by atoms with Crippen molar-refractivity contribution >= 4 is 33.9 Å². The zero-order chi connectivity index (χ0) is 7.28. The van der Waals surface area contributed by atoms with Crippen LogP contribution in [0.4, 0.5) is 0 Å². The summed E-state index contributed by atoms with van der Waals surface area (Å²) in [6, 6.07) is 0. The Labute approximate surface area is 67.0 Å². The fourth-order valence-corrected chi connectivity index (χ4v) is 0.720. The third-order valence-corrected chi connectivity index (χ3v) is 1.24. The maximum Gasteiger partial charge on any atom is 0.303 e. The Morgan fingerprint density at radius 1 is 1.78 bits per heavy atom. The van der Waals surface area contributed by atoms with E-state index < -0.39 is 5.97 Å². The van der Waals surface area contributed by atoms with Crippen LogP contribution in [0.25, 0.3) is 0 Å². The number of carbonyl (C=O) groups is 1. The van der Waals surface area contributed by atoms with Crippen molar-refractivity contribution in [2.75, 3.05) is 6.54 Å². The largest absolute Gasteiger partial charge is 0.481 e. The smallest absolute Gasteiger partial charge is 0.303 e. The molecule has 0 aliphatic heterocycles. The van der Waals surface area contributed by atoms with Crippen molar-refractivity contribution in [1.82, 2.24) is 3.45 Å². The Morgan fingerprint density at radius 2 is 2.33 bits per heavy atom. The van der Waals surface area contributed by atoms with Crippen LogP contribution in [-0.4, -0.2) is 21.1 Å². The average Bonchev–Trinajstić information content (AvgIpc) is 1.63. The van der Waals surface area contributed by atoms with Crippen molar-refractivity contribution in [2.24, 2.45) is 0 Å². The van der Waals surface area contributed by atoms with Crippen molar-refractivity contribution in [3.63, 3.8) is 0 Å². The molecule has 0 saturated heterocycles. The molecular formula is C4H7BrClNO2. The van der Waals surface area contributed by atoms with Crippen LogP contribution in [-0.2, 0) is 4.79 Å². The summed E-state index contributed by atoms with van der Waals surface area (Å²) in [6.07, 6.45) is 0.721. The summed E-state index contributed by atoms with van der Waals surface area (Å²) in [7, 11) is 0. The summed E-state index contributed by atoms with van der Waals surface area (Å²) in [5.74, 6) is -0.791. The predicted molar refractivity (Wildman–Crippen MR) is 38.4 cm³/mol. The van der Waals surface area contributed by atoms with E-state index in [1.54, 1.807) is 0 Å². The van der Waals surface area contributed by atoms with Gasteiger partial charge in [0.05, 0.1) is 0 Å². The van der Waals surface area contributed by atoms with E-state index in [9.17, 15) is 4.79 Å². The SMILES string of the molecule is O=C(O)CCCN(Cl)Br. The molecule has 0 radical (unpaired) electrons. The molecule has 0 bridgehead atoms. The maximum absolute atomic E-state index is 9.90. The fraction of sp³-hybridized carbons (Fsp3) is 0.750. The molecule has 0 fully saturated rings. The van der Waals surface area contributed by atoms with E-state index in [1.807, 2.05) is 0 Å². The van der Waals surface area contributed by atoms with Crippen LogP contribution in [0.15, 0.2) is 0 Å². The Morgan fingerprint density at radius 3 is 2.67 bits per heavy atom. The lowest BCUT2D eigenvalue weighted by molar-refractivity contribution is -0.137. The molecule has 0 amide bonds. The van der Waals surface area contributed by atoms with E-state index in [-0.39, 0.29) is 6.42 Å². The van der Waals surface area contributed by atoms with Gasteiger partial charge in [0.2, 0.25) is 0 Å². The van der Waals surface area contributed by atoms with Crippen LogP contribution >= 0.6 is 27.9 Å². The first kappa shape index (κ1) is 9.20. The highest BCUT2D eigenvalue weighted by Crippen LogP contribution is 2.03. The lowest BCUT2D eigenvalue weighted by Crippen LogP contribution is -2.02. The number of halogens is 2. The average molecular weight is 216 g/mol. The molecule has 0 saturated carbocycles. The first-order chi connectivity index (χ1) is 4.13. The monoisotopic (exact) mass is 215 g/mol. The van der Waals surface area contributed by atoms with Crippen LogP contribution < -0.4 is 0 Å². The molecule has 0 aromatic rings. The van der Waals surface area contributed by atoms with E-state index >= 15 is 0 Å². The van der Waals surface area contributed by atoms with Crippen LogP contribution in [0.3, 0.4) is 0 Å². The Bertz CT molecular complexity index is 98.6. The van der Waals surface area contributed by atoms with Crippen molar-refractivity contribution in [2.45, 2.75) is 12.8 Å². The Balaban J connectivity index is 3.01. The van der Waals surface area contributed by atoms with Gasteiger partial charge in [-0.2, -0.15) is 3.45 Å². The molecule has 9 heavy (non-hydrogen) atoms. The van der Waals surface area contributed by atoms with E-state index in [1.165, 1.54) is 3.45 Å². The van der Waals surface area contributed by atoms with Gasteiger partial charge in [-0.25, -0.2) is 0 Å². The summed E-state index contributed by atoms with van der Waals surface area (Å²) >= 11 is 8.25. The van der Waals surface area contributed by atoms with Gasteiger partial charge >= 0.3 is 5.97 Å². The second-order valence-corrected chi connectivity index (χ2v) is 3.20. The standard InChI is InChI=1S/C4H7BrClNO2/c5-7(6)3-1-2-4(8)9/h1-3H2,(H,8,9). The molecule has 0 heterocycles. The molecule has 5 heteroatoms. The van der Waals surface area contributed by atoms with E-state index in [4.69, 9.17) is 16.9 Å². The summed E-state index contributed by atoms with van der Waals surface area (Å²) in [5, 5.41) is 8.15. The molecule has 1 N–H and O–H groups in total. The molecule has 0 aliphatic carbocycles. The summed E-state index contributed by atoms with van der Waals surface area (Å²) in [4.78, 5) is 9.90. The first-order valence-electron chi connectivity index (χ1n) is 2.44. The number of carboxylic acid groups (broad SMARTS) is 1. The molecule has 0 unspecified atom stereocenters. The number of carboxylic acids is 1. The first-order valence-corrected chi connectivity index (χ1v) is 3.48. The summed E-state index contributed by atoms with van der Waals surface area (Å²) in [5.41, 5.74) is 0. The van der Waals surface area contributed by atoms with Gasteiger partial charge < -0.3 is 5.11 Å². The molecular weight excluding hydrogens is 209 g/mol. The van der Waals surface area contributed by atoms with E-state index in [0.717, 1.165) is 0 Å². The van der Waals surface area contributed by atoms with Crippen LogP contribution in [0.1, 0.15) is 12.8 Å². The quantitative estimate of drug-likeness (QED) is 0.726. The molecule has 0 aromatic carbocycles. The Kier molecular flexibility index (Phi) is 5.13. The van der Waals surface area contributed by atoms with Gasteiger partial charge in [0.25, 0.3) is 0 Å². The van der Waals surface area contributed by atoms with Gasteiger partial charge in [-0.15, -0.1) is 0 Å². The number of aliphatic carboxylic acids is 1. The van der Waals surface area contributed by atoms with Crippen LogP contribution in [0.5, 0.6) is 0 Å². The van der Waals surface area contributed by atoms with E-state index in [2.05, 4.69) is 16.1 Å².